The van der Waals surface area contributed by atoms with E-state index < -0.39 is 5.92 Å². The third kappa shape index (κ3) is 6.17. The Hall–Kier alpha value is -4.14. The first-order chi connectivity index (χ1) is 20.5. The summed E-state index contributed by atoms with van der Waals surface area (Å²) in [7, 11) is 1.55. The molecule has 222 valence electrons. The molecule has 1 aromatic heterocycles. The van der Waals surface area contributed by atoms with E-state index in [0.717, 1.165) is 11.3 Å². The zero-order valence-corrected chi connectivity index (χ0v) is 26.4. The number of aromatic nitrogens is 2. The molecule has 1 amide bonds. The molecule has 2 aromatic carbocycles. The van der Waals surface area contributed by atoms with E-state index in [2.05, 4.69) is 49.3 Å². The first kappa shape index (κ1) is 30.3. The summed E-state index contributed by atoms with van der Waals surface area (Å²) in [5.41, 5.74) is 10.7. The summed E-state index contributed by atoms with van der Waals surface area (Å²) in [6.07, 6.45) is 0.953. The SMILES string of the molecule is COc1ccccc1NC(=O)CSc1nnc(N2C(N)=C(C#N)C(c3ccc(C(C)C)cc3)C3=C2CC(C)(C)CC3=O)s1. The highest BCUT2D eigenvalue weighted by Gasteiger charge is 2.45. The predicted molar refractivity (Wildman–Crippen MR) is 170 cm³/mol. The average Bonchev–Trinajstić information content (AvgIpc) is 3.43. The van der Waals surface area contributed by atoms with E-state index in [4.69, 9.17) is 10.5 Å². The molecule has 0 radical (unpaired) electrons. The number of nitrogens with one attached hydrogen (secondary N) is 1. The summed E-state index contributed by atoms with van der Waals surface area (Å²) in [5, 5.41) is 22.4. The molecule has 3 N–H and O–H groups in total. The van der Waals surface area contributed by atoms with Gasteiger partial charge in [-0.2, -0.15) is 5.26 Å². The number of hydrogen-bond donors (Lipinski definition) is 2. The van der Waals surface area contributed by atoms with Crippen LogP contribution in [-0.4, -0.2) is 34.8 Å². The minimum atomic E-state index is -0.554. The Bertz CT molecular complexity index is 1670. The Morgan fingerprint density at radius 1 is 1.21 bits per heavy atom. The van der Waals surface area contributed by atoms with Gasteiger partial charge in [-0.15, -0.1) is 10.2 Å². The number of hydrogen-bond acceptors (Lipinski definition) is 10. The summed E-state index contributed by atoms with van der Waals surface area (Å²) in [5.74, 6) is 0.509. The van der Waals surface area contributed by atoms with Gasteiger partial charge in [0.05, 0.1) is 36.1 Å². The third-order valence-corrected chi connectivity index (χ3v) is 9.65. The second-order valence-electron chi connectivity index (χ2n) is 11.7. The van der Waals surface area contributed by atoms with Crippen molar-refractivity contribution in [3.8, 4) is 11.8 Å². The number of allylic oxidation sites excluding steroid dienone is 3. The van der Waals surface area contributed by atoms with Crippen LogP contribution in [0.5, 0.6) is 5.75 Å². The van der Waals surface area contributed by atoms with Crippen LogP contribution in [0.4, 0.5) is 10.8 Å². The van der Waals surface area contributed by atoms with Gasteiger partial charge >= 0.3 is 0 Å². The number of methoxy groups -OCH3 is 1. The Balaban J connectivity index is 1.46. The van der Waals surface area contributed by atoms with Gasteiger partial charge in [-0.1, -0.05) is 87.2 Å². The van der Waals surface area contributed by atoms with Crippen LogP contribution < -0.4 is 20.7 Å². The summed E-state index contributed by atoms with van der Waals surface area (Å²) in [6.45, 7) is 8.36. The van der Waals surface area contributed by atoms with Gasteiger partial charge in [0.25, 0.3) is 0 Å². The highest BCUT2D eigenvalue weighted by molar-refractivity contribution is 8.01. The quantitative estimate of drug-likeness (QED) is 0.279. The number of amides is 1. The van der Waals surface area contributed by atoms with E-state index >= 15 is 0 Å². The minimum absolute atomic E-state index is 0.00145. The lowest BCUT2D eigenvalue weighted by atomic mass is 9.68. The van der Waals surface area contributed by atoms with Gasteiger partial charge in [0.15, 0.2) is 10.1 Å². The molecule has 1 unspecified atom stereocenters. The summed E-state index contributed by atoms with van der Waals surface area (Å²) in [6, 6.07) is 17.6. The molecule has 2 heterocycles. The molecule has 1 aliphatic carbocycles. The van der Waals surface area contributed by atoms with Crippen molar-refractivity contribution >= 4 is 45.6 Å². The van der Waals surface area contributed by atoms with Gasteiger partial charge in [0, 0.05) is 17.7 Å². The highest BCUT2D eigenvalue weighted by Crippen LogP contribution is 2.50. The topological polar surface area (TPSA) is 134 Å². The number of nitriles is 1. The maximum Gasteiger partial charge on any atom is 0.234 e. The molecular weight excluding hydrogens is 581 g/mol. The van der Waals surface area contributed by atoms with Crippen molar-refractivity contribution in [3.05, 3.63) is 82.3 Å². The molecule has 0 bridgehead atoms. The molecule has 11 heteroatoms. The van der Waals surface area contributed by atoms with E-state index in [9.17, 15) is 14.9 Å². The minimum Gasteiger partial charge on any atom is -0.495 e. The lowest BCUT2D eigenvalue weighted by Gasteiger charge is -2.42. The van der Waals surface area contributed by atoms with Crippen molar-refractivity contribution < 1.29 is 14.3 Å². The summed E-state index contributed by atoms with van der Waals surface area (Å²) < 4.78 is 5.87. The van der Waals surface area contributed by atoms with Crippen LogP contribution in [0.25, 0.3) is 0 Å². The number of carbonyl (C=O) groups is 2. The highest BCUT2D eigenvalue weighted by atomic mass is 32.2. The molecule has 1 aliphatic heterocycles. The molecule has 5 rings (SSSR count). The van der Waals surface area contributed by atoms with Crippen molar-refractivity contribution in [1.82, 2.24) is 10.2 Å². The predicted octanol–water partition coefficient (Wildman–Crippen LogP) is 6.34. The Morgan fingerprint density at radius 3 is 2.60 bits per heavy atom. The third-order valence-electron chi connectivity index (χ3n) is 7.61. The molecule has 0 spiro atoms. The Morgan fingerprint density at radius 2 is 1.93 bits per heavy atom. The second kappa shape index (κ2) is 12.2. The Labute approximate surface area is 259 Å². The van der Waals surface area contributed by atoms with Crippen molar-refractivity contribution in [3.63, 3.8) is 0 Å². The first-order valence-corrected chi connectivity index (χ1v) is 15.8. The van der Waals surface area contributed by atoms with Gasteiger partial charge in [-0.3, -0.25) is 14.5 Å². The zero-order chi connectivity index (χ0) is 30.9. The monoisotopic (exact) mass is 614 g/mol. The van der Waals surface area contributed by atoms with Gasteiger partial charge in [0.1, 0.15) is 11.6 Å². The second-order valence-corrected chi connectivity index (χ2v) is 13.9. The number of Topliss-reactive ketones (excluding diaryl/α,β-unsaturated/α-hetero) is 1. The van der Waals surface area contributed by atoms with Crippen LogP contribution in [0.3, 0.4) is 0 Å². The smallest absolute Gasteiger partial charge is 0.234 e. The summed E-state index contributed by atoms with van der Waals surface area (Å²) >= 11 is 2.51. The first-order valence-electron chi connectivity index (χ1n) is 14.0. The fourth-order valence-electron chi connectivity index (χ4n) is 5.55. The van der Waals surface area contributed by atoms with Crippen LogP contribution in [-0.2, 0) is 9.59 Å². The molecule has 0 saturated carbocycles. The number of nitrogens with zero attached hydrogens (tertiary/aromatic N) is 4. The molecular formula is C32H34N6O3S2. The van der Waals surface area contributed by atoms with Gasteiger partial charge in [-0.05, 0) is 41.0 Å². The summed E-state index contributed by atoms with van der Waals surface area (Å²) in [4.78, 5) is 28.2. The van der Waals surface area contributed by atoms with Crippen LogP contribution >= 0.6 is 23.1 Å². The van der Waals surface area contributed by atoms with Crippen LogP contribution in [0.1, 0.15) is 63.5 Å². The lowest BCUT2D eigenvalue weighted by molar-refractivity contribution is -0.118. The molecule has 0 fully saturated rings. The normalized spacial score (nSPS) is 18.0. The molecule has 9 nitrogen and oxygen atoms in total. The van der Waals surface area contributed by atoms with Gasteiger partial charge < -0.3 is 15.8 Å². The van der Waals surface area contributed by atoms with E-state index in [0.29, 0.717) is 50.8 Å². The van der Waals surface area contributed by atoms with Gasteiger partial charge in [0.2, 0.25) is 11.0 Å². The number of benzene rings is 2. The number of rotatable bonds is 8. The van der Waals surface area contributed by atoms with Crippen LogP contribution in [0.15, 0.2) is 75.5 Å². The van der Waals surface area contributed by atoms with Crippen molar-refractivity contribution in [2.45, 2.75) is 56.7 Å². The maximum atomic E-state index is 13.8. The van der Waals surface area contributed by atoms with Crippen LogP contribution in [0.2, 0.25) is 0 Å². The largest absolute Gasteiger partial charge is 0.495 e. The lowest BCUT2D eigenvalue weighted by Crippen LogP contribution is -2.42. The van der Waals surface area contributed by atoms with Crippen LogP contribution in [0, 0.1) is 16.7 Å². The number of anilines is 2. The molecule has 1 atom stereocenters. The van der Waals surface area contributed by atoms with E-state index in [1.165, 1.54) is 28.7 Å². The van der Waals surface area contributed by atoms with Crippen molar-refractivity contribution in [2.24, 2.45) is 11.1 Å². The fourth-order valence-corrected chi connectivity index (χ4v) is 7.23. The van der Waals surface area contributed by atoms with E-state index in [-0.39, 0.29) is 28.7 Å². The fraction of sp³-hybridized carbons (Fsp3) is 0.344. The van der Waals surface area contributed by atoms with Gasteiger partial charge in [-0.25, -0.2) is 0 Å². The zero-order valence-electron chi connectivity index (χ0n) is 24.8. The maximum absolute atomic E-state index is 13.8. The molecule has 43 heavy (non-hydrogen) atoms. The number of nitrogens with two attached hydrogens (primary N) is 1. The average molecular weight is 615 g/mol. The number of para-hydroxylation sites is 2. The number of thioether (sulfide) groups is 1. The standard InChI is InChI=1S/C32H34N6O3S2/c1-18(2)19-10-12-20(13-11-19)27-21(16-33)29(34)38(23-14-32(3,4)15-24(39)28(23)27)30-36-37-31(43-30)42-17-26(40)35-22-8-6-7-9-25(22)41-5/h6-13,18,27H,14-15,17,34H2,1-5H3,(H,35,40). The Kier molecular flexibility index (Phi) is 8.62. The molecule has 3 aromatic rings. The van der Waals surface area contributed by atoms with E-state index in [1.54, 1.807) is 24.1 Å². The number of carbonyl (C=O) groups excluding carboxylic acids is 2. The van der Waals surface area contributed by atoms with E-state index in [1.807, 2.05) is 36.4 Å². The van der Waals surface area contributed by atoms with Crippen molar-refractivity contribution in [2.75, 3.05) is 23.1 Å². The molecule has 0 saturated heterocycles. The van der Waals surface area contributed by atoms with Crippen molar-refractivity contribution in [1.29, 1.82) is 5.26 Å². The molecule has 2 aliphatic rings. The number of ether oxygens (including phenoxy) is 1. The number of ketones is 1.